The lowest BCUT2D eigenvalue weighted by Gasteiger charge is -2.02. The van der Waals surface area contributed by atoms with Crippen LogP contribution in [0.3, 0.4) is 0 Å². The lowest BCUT2D eigenvalue weighted by atomic mass is 10.1. The van der Waals surface area contributed by atoms with Crippen LogP contribution in [-0.4, -0.2) is 10.9 Å². The van der Waals surface area contributed by atoms with E-state index < -0.39 is 0 Å². The largest absolute Gasteiger partial charge is 0.508 e. The van der Waals surface area contributed by atoms with E-state index in [-0.39, 0.29) is 11.5 Å². The van der Waals surface area contributed by atoms with E-state index in [1.54, 1.807) is 30.3 Å². The average Bonchev–Trinajstić information content (AvgIpc) is 2.38. The fourth-order valence-corrected chi connectivity index (χ4v) is 2.19. The molecule has 1 N–H and O–H groups in total. The third-order valence-electron chi connectivity index (χ3n) is 2.52. The molecule has 0 spiro atoms. The van der Waals surface area contributed by atoms with E-state index in [9.17, 15) is 9.90 Å². The number of benzene rings is 2. The summed E-state index contributed by atoms with van der Waals surface area (Å²) >= 11 is 11.9. The quantitative estimate of drug-likeness (QED) is 0.663. The number of phenols is 1. The Morgan fingerprint density at radius 1 is 1.05 bits per heavy atom. The molecule has 0 aliphatic rings. The minimum atomic E-state index is -0.138. The van der Waals surface area contributed by atoms with Crippen molar-refractivity contribution in [2.24, 2.45) is 0 Å². The van der Waals surface area contributed by atoms with E-state index in [2.05, 4.69) is 0 Å². The Morgan fingerprint density at radius 3 is 2.21 bits per heavy atom. The van der Waals surface area contributed by atoms with Crippen molar-refractivity contribution in [3.05, 3.63) is 69.7 Å². The van der Waals surface area contributed by atoms with Crippen LogP contribution in [0, 0.1) is 0 Å². The molecule has 4 heteroatoms. The van der Waals surface area contributed by atoms with Gasteiger partial charge in [0.15, 0.2) is 5.78 Å². The lowest BCUT2D eigenvalue weighted by molar-refractivity contribution is 0.104. The summed E-state index contributed by atoms with van der Waals surface area (Å²) in [5, 5.41) is 9.90. The van der Waals surface area contributed by atoms with Gasteiger partial charge in [-0.15, -0.1) is 0 Å². The SMILES string of the molecule is O=C(/C=C/c1c(Cl)cc(O)cc1Cl)c1ccccc1. The van der Waals surface area contributed by atoms with Crippen LogP contribution in [0.15, 0.2) is 48.5 Å². The van der Waals surface area contributed by atoms with Gasteiger partial charge >= 0.3 is 0 Å². The van der Waals surface area contributed by atoms with Crippen LogP contribution in [0.5, 0.6) is 5.75 Å². The fraction of sp³-hybridized carbons (Fsp3) is 0. The monoisotopic (exact) mass is 292 g/mol. The second-order valence-electron chi connectivity index (χ2n) is 3.89. The molecule has 0 aromatic heterocycles. The molecule has 0 radical (unpaired) electrons. The van der Waals surface area contributed by atoms with Gasteiger partial charge in [0.2, 0.25) is 0 Å². The summed E-state index contributed by atoms with van der Waals surface area (Å²) < 4.78 is 0. The van der Waals surface area contributed by atoms with Crippen LogP contribution in [0.25, 0.3) is 6.08 Å². The predicted molar refractivity (Wildman–Crippen MR) is 77.9 cm³/mol. The van der Waals surface area contributed by atoms with Gasteiger partial charge in [-0.2, -0.15) is 0 Å². The van der Waals surface area contributed by atoms with Gasteiger partial charge in [0.25, 0.3) is 0 Å². The minimum Gasteiger partial charge on any atom is -0.508 e. The highest BCUT2D eigenvalue weighted by Gasteiger charge is 2.06. The van der Waals surface area contributed by atoms with Crippen molar-refractivity contribution in [2.45, 2.75) is 0 Å². The van der Waals surface area contributed by atoms with Crippen LogP contribution >= 0.6 is 23.2 Å². The molecule has 96 valence electrons. The van der Waals surface area contributed by atoms with E-state index in [1.807, 2.05) is 6.07 Å². The molecular weight excluding hydrogens is 283 g/mol. The van der Waals surface area contributed by atoms with Crippen LogP contribution in [-0.2, 0) is 0 Å². The van der Waals surface area contributed by atoms with E-state index in [1.165, 1.54) is 18.2 Å². The third kappa shape index (κ3) is 3.37. The maximum Gasteiger partial charge on any atom is 0.185 e. The summed E-state index contributed by atoms with van der Waals surface area (Å²) in [6.07, 6.45) is 2.94. The first-order valence-electron chi connectivity index (χ1n) is 5.53. The topological polar surface area (TPSA) is 37.3 Å². The molecule has 0 unspecified atom stereocenters. The number of allylic oxidation sites excluding steroid dienone is 1. The molecule has 0 aliphatic carbocycles. The van der Waals surface area contributed by atoms with Gasteiger partial charge in [-0.05, 0) is 24.3 Å². The smallest absolute Gasteiger partial charge is 0.185 e. The third-order valence-corrected chi connectivity index (χ3v) is 3.15. The standard InChI is InChI=1S/C15H10Cl2O2/c16-13-8-11(18)9-14(17)12(13)6-7-15(19)10-4-2-1-3-5-10/h1-9,18H/b7-6+. The van der Waals surface area contributed by atoms with Crippen LogP contribution in [0.2, 0.25) is 10.0 Å². The van der Waals surface area contributed by atoms with Gasteiger partial charge in [-0.1, -0.05) is 53.5 Å². The Bertz CT molecular complexity index is 611. The summed E-state index contributed by atoms with van der Waals surface area (Å²) in [7, 11) is 0. The number of aromatic hydroxyl groups is 1. The molecule has 2 aromatic carbocycles. The van der Waals surface area contributed by atoms with Crippen molar-refractivity contribution in [2.75, 3.05) is 0 Å². The van der Waals surface area contributed by atoms with Crippen molar-refractivity contribution in [3.8, 4) is 5.75 Å². The molecule has 0 bridgehead atoms. The zero-order valence-electron chi connectivity index (χ0n) is 9.81. The number of rotatable bonds is 3. The maximum atomic E-state index is 11.9. The number of hydrogen-bond donors (Lipinski definition) is 1. The van der Waals surface area contributed by atoms with Crippen molar-refractivity contribution in [3.63, 3.8) is 0 Å². The summed E-state index contributed by atoms with van der Waals surface area (Å²) in [6.45, 7) is 0. The zero-order chi connectivity index (χ0) is 13.8. The first-order chi connectivity index (χ1) is 9.08. The van der Waals surface area contributed by atoms with Crippen LogP contribution in [0.1, 0.15) is 15.9 Å². The Kier molecular flexibility index (Phi) is 4.25. The predicted octanol–water partition coefficient (Wildman–Crippen LogP) is 4.60. The first-order valence-corrected chi connectivity index (χ1v) is 6.29. The Morgan fingerprint density at radius 2 is 1.63 bits per heavy atom. The van der Waals surface area contributed by atoms with Crippen LogP contribution < -0.4 is 0 Å². The van der Waals surface area contributed by atoms with Crippen molar-refractivity contribution in [1.29, 1.82) is 0 Å². The molecule has 19 heavy (non-hydrogen) atoms. The van der Waals surface area contributed by atoms with Gasteiger partial charge in [0.05, 0.1) is 10.0 Å². The second-order valence-corrected chi connectivity index (χ2v) is 4.70. The molecule has 2 rings (SSSR count). The van der Waals surface area contributed by atoms with Gasteiger partial charge < -0.3 is 5.11 Å². The van der Waals surface area contributed by atoms with Crippen molar-refractivity contribution < 1.29 is 9.90 Å². The van der Waals surface area contributed by atoms with Crippen LogP contribution in [0.4, 0.5) is 0 Å². The number of carbonyl (C=O) groups is 1. The molecule has 2 nitrogen and oxygen atoms in total. The lowest BCUT2D eigenvalue weighted by Crippen LogP contribution is -1.93. The van der Waals surface area contributed by atoms with E-state index in [0.29, 0.717) is 21.2 Å². The van der Waals surface area contributed by atoms with Gasteiger partial charge in [0.1, 0.15) is 5.75 Å². The molecular formula is C15H10Cl2O2. The van der Waals surface area contributed by atoms with Gasteiger partial charge in [-0.3, -0.25) is 4.79 Å². The minimum absolute atomic E-state index is 0.0125. The fourth-order valence-electron chi connectivity index (χ4n) is 1.59. The molecule has 0 heterocycles. The van der Waals surface area contributed by atoms with E-state index >= 15 is 0 Å². The van der Waals surface area contributed by atoms with Crippen molar-refractivity contribution in [1.82, 2.24) is 0 Å². The molecule has 0 atom stereocenters. The summed E-state index contributed by atoms with van der Waals surface area (Å²) in [5.41, 5.74) is 1.09. The highest BCUT2D eigenvalue weighted by atomic mass is 35.5. The normalized spacial score (nSPS) is 10.8. The summed E-state index contributed by atoms with van der Waals surface area (Å²) in [4.78, 5) is 11.9. The molecule has 0 fully saturated rings. The second kappa shape index (κ2) is 5.91. The van der Waals surface area contributed by atoms with Gasteiger partial charge in [-0.25, -0.2) is 0 Å². The highest BCUT2D eigenvalue weighted by molar-refractivity contribution is 6.37. The Labute approximate surface area is 120 Å². The summed E-state index contributed by atoms with van der Waals surface area (Å²) in [6, 6.07) is 11.6. The first kappa shape index (κ1) is 13.7. The number of phenolic OH excluding ortho intramolecular Hbond substituents is 1. The number of halogens is 2. The Balaban J connectivity index is 2.27. The number of carbonyl (C=O) groups excluding carboxylic acids is 1. The molecule has 2 aromatic rings. The molecule has 0 amide bonds. The number of ketones is 1. The Hall–Kier alpha value is -1.77. The molecule has 0 aliphatic heterocycles. The average molecular weight is 293 g/mol. The number of hydrogen-bond acceptors (Lipinski definition) is 2. The maximum absolute atomic E-state index is 11.9. The molecule has 0 saturated carbocycles. The van der Waals surface area contributed by atoms with E-state index in [4.69, 9.17) is 23.2 Å². The summed E-state index contributed by atoms with van der Waals surface area (Å²) in [5.74, 6) is -0.151. The highest BCUT2D eigenvalue weighted by Crippen LogP contribution is 2.30. The van der Waals surface area contributed by atoms with Crippen molar-refractivity contribution >= 4 is 35.1 Å². The zero-order valence-corrected chi connectivity index (χ0v) is 11.3. The van der Waals surface area contributed by atoms with E-state index in [0.717, 1.165) is 0 Å². The van der Waals surface area contributed by atoms with Gasteiger partial charge in [0, 0.05) is 11.1 Å². The molecule has 0 saturated heterocycles.